The Morgan fingerprint density at radius 2 is 1.78 bits per heavy atom. The highest BCUT2D eigenvalue weighted by Gasteiger charge is 2.30. The molecular formula is C26H33FN2O3. The molecule has 1 fully saturated rings. The molecule has 3 rings (SSSR count). The molecule has 2 aromatic carbocycles. The summed E-state index contributed by atoms with van der Waals surface area (Å²) in [6, 6.07) is 11.3. The summed E-state index contributed by atoms with van der Waals surface area (Å²) in [4.78, 5) is 27.9. The number of carbonyl (C=O) groups is 2. The van der Waals surface area contributed by atoms with Crippen molar-refractivity contribution in [1.29, 1.82) is 0 Å². The van der Waals surface area contributed by atoms with Crippen LogP contribution in [-0.2, 0) is 16.1 Å². The molecule has 0 bridgehead atoms. The minimum Gasteiger partial charge on any atom is -0.484 e. The maximum atomic E-state index is 13.4. The molecule has 1 atom stereocenters. The number of carbonyl (C=O) groups excluding carboxylic acids is 2. The van der Waals surface area contributed by atoms with E-state index in [0.29, 0.717) is 12.2 Å². The normalized spacial score (nSPS) is 14.8. The number of aryl methyl sites for hydroxylation is 2. The van der Waals surface area contributed by atoms with E-state index in [2.05, 4.69) is 5.32 Å². The largest absolute Gasteiger partial charge is 0.484 e. The van der Waals surface area contributed by atoms with Crippen LogP contribution in [0.15, 0.2) is 42.5 Å². The van der Waals surface area contributed by atoms with Crippen LogP contribution in [-0.4, -0.2) is 35.4 Å². The van der Waals surface area contributed by atoms with Crippen molar-refractivity contribution in [2.75, 3.05) is 6.61 Å². The van der Waals surface area contributed by atoms with E-state index in [1.165, 1.54) is 12.1 Å². The van der Waals surface area contributed by atoms with Crippen molar-refractivity contribution >= 4 is 11.8 Å². The molecule has 0 radical (unpaired) electrons. The second-order valence-electron chi connectivity index (χ2n) is 8.60. The molecular weight excluding hydrogens is 407 g/mol. The van der Waals surface area contributed by atoms with Crippen molar-refractivity contribution in [3.63, 3.8) is 0 Å². The van der Waals surface area contributed by atoms with E-state index in [4.69, 9.17) is 4.74 Å². The van der Waals surface area contributed by atoms with Gasteiger partial charge in [-0.15, -0.1) is 0 Å². The lowest BCUT2D eigenvalue weighted by molar-refractivity contribution is -0.143. The Hall–Kier alpha value is -2.89. The average molecular weight is 441 g/mol. The highest BCUT2D eigenvalue weighted by molar-refractivity contribution is 5.88. The van der Waals surface area contributed by atoms with Crippen LogP contribution in [0.2, 0.25) is 0 Å². The van der Waals surface area contributed by atoms with E-state index in [1.807, 2.05) is 39.0 Å². The summed E-state index contributed by atoms with van der Waals surface area (Å²) >= 11 is 0. The first kappa shape index (κ1) is 23.8. The number of amides is 2. The number of ether oxygens (including phenoxy) is 1. The van der Waals surface area contributed by atoms with E-state index in [0.717, 1.165) is 42.4 Å². The quantitative estimate of drug-likeness (QED) is 0.616. The Labute approximate surface area is 190 Å². The van der Waals surface area contributed by atoms with Gasteiger partial charge in [0.15, 0.2) is 6.61 Å². The summed E-state index contributed by atoms with van der Waals surface area (Å²) in [5.41, 5.74) is 3.00. The van der Waals surface area contributed by atoms with Gasteiger partial charge in [0.1, 0.15) is 17.6 Å². The summed E-state index contributed by atoms with van der Waals surface area (Å²) < 4.78 is 19.1. The van der Waals surface area contributed by atoms with E-state index < -0.39 is 6.04 Å². The minimum atomic E-state index is -0.614. The number of hydrogen-bond donors (Lipinski definition) is 1. The molecule has 6 heteroatoms. The molecule has 1 aliphatic carbocycles. The van der Waals surface area contributed by atoms with Crippen molar-refractivity contribution < 1.29 is 18.7 Å². The Kier molecular flexibility index (Phi) is 8.26. The SMILES string of the molecule is CC[C@@H](C(=O)NC1CCCC1)N(Cc1ccc(F)cc1)C(=O)COc1ccc(C)c(C)c1. The summed E-state index contributed by atoms with van der Waals surface area (Å²) in [5.74, 6) is -0.135. The molecule has 0 heterocycles. The predicted molar refractivity (Wildman–Crippen MR) is 123 cm³/mol. The number of rotatable bonds is 9. The van der Waals surface area contributed by atoms with Crippen molar-refractivity contribution in [1.82, 2.24) is 10.2 Å². The Morgan fingerprint density at radius 1 is 1.09 bits per heavy atom. The summed E-state index contributed by atoms with van der Waals surface area (Å²) in [6.07, 6.45) is 4.66. The first-order chi connectivity index (χ1) is 15.4. The molecule has 32 heavy (non-hydrogen) atoms. The first-order valence-electron chi connectivity index (χ1n) is 11.4. The zero-order valence-corrected chi connectivity index (χ0v) is 19.2. The zero-order valence-electron chi connectivity index (χ0n) is 19.2. The summed E-state index contributed by atoms with van der Waals surface area (Å²) in [7, 11) is 0. The molecule has 0 unspecified atom stereocenters. The van der Waals surface area contributed by atoms with Gasteiger partial charge in [0, 0.05) is 12.6 Å². The van der Waals surface area contributed by atoms with Gasteiger partial charge in [-0.3, -0.25) is 9.59 Å². The fraction of sp³-hybridized carbons (Fsp3) is 0.462. The Morgan fingerprint density at radius 3 is 2.41 bits per heavy atom. The van der Waals surface area contributed by atoms with Crippen LogP contribution < -0.4 is 10.1 Å². The van der Waals surface area contributed by atoms with E-state index in [1.54, 1.807) is 17.0 Å². The molecule has 172 valence electrons. The molecule has 5 nitrogen and oxygen atoms in total. The van der Waals surface area contributed by atoms with Crippen LogP contribution in [0.5, 0.6) is 5.75 Å². The zero-order chi connectivity index (χ0) is 23.1. The fourth-order valence-electron chi connectivity index (χ4n) is 4.11. The third-order valence-corrected chi connectivity index (χ3v) is 6.19. The maximum absolute atomic E-state index is 13.4. The van der Waals surface area contributed by atoms with Gasteiger partial charge in [-0.2, -0.15) is 0 Å². The maximum Gasteiger partial charge on any atom is 0.261 e. The topological polar surface area (TPSA) is 58.6 Å². The van der Waals surface area contributed by atoms with Crippen LogP contribution in [0.3, 0.4) is 0 Å². The molecule has 0 aromatic heterocycles. The van der Waals surface area contributed by atoms with Gasteiger partial charge in [-0.1, -0.05) is 38.0 Å². The number of nitrogens with one attached hydrogen (secondary N) is 1. The second-order valence-corrected chi connectivity index (χ2v) is 8.60. The number of benzene rings is 2. The van der Waals surface area contributed by atoms with Crippen molar-refractivity contribution in [3.8, 4) is 5.75 Å². The third-order valence-electron chi connectivity index (χ3n) is 6.19. The highest BCUT2D eigenvalue weighted by atomic mass is 19.1. The Bertz CT molecular complexity index is 923. The molecule has 0 spiro atoms. The number of hydrogen-bond acceptors (Lipinski definition) is 3. The molecule has 0 aliphatic heterocycles. The Balaban J connectivity index is 1.75. The van der Waals surface area contributed by atoms with Crippen molar-refractivity contribution in [2.24, 2.45) is 0 Å². The molecule has 0 saturated heterocycles. The van der Waals surface area contributed by atoms with Crippen LogP contribution in [0.1, 0.15) is 55.7 Å². The second kappa shape index (κ2) is 11.1. The van der Waals surface area contributed by atoms with Gasteiger partial charge >= 0.3 is 0 Å². The third kappa shape index (κ3) is 6.31. The lowest BCUT2D eigenvalue weighted by atomic mass is 10.1. The van der Waals surface area contributed by atoms with E-state index >= 15 is 0 Å². The van der Waals surface area contributed by atoms with Gasteiger partial charge < -0.3 is 15.0 Å². The van der Waals surface area contributed by atoms with E-state index in [9.17, 15) is 14.0 Å². The monoisotopic (exact) mass is 440 g/mol. The summed E-state index contributed by atoms with van der Waals surface area (Å²) in [5, 5.41) is 3.11. The lowest BCUT2D eigenvalue weighted by Gasteiger charge is -2.31. The predicted octanol–water partition coefficient (Wildman–Crippen LogP) is 4.69. The number of halogens is 1. The standard InChI is InChI=1S/C26H33FN2O3/c1-4-24(26(31)28-22-7-5-6-8-22)29(16-20-10-12-21(27)13-11-20)25(30)17-32-23-14-9-18(2)19(3)15-23/h9-15,22,24H,4-8,16-17H2,1-3H3,(H,28,31)/t24-/m0/s1. The lowest BCUT2D eigenvalue weighted by Crippen LogP contribution is -2.52. The minimum absolute atomic E-state index is 0.138. The van der Waals surface area contributed by atoms with Crippen LogP contribution in [0.25, 0.3) is 0 Å². The molecule has 2 amide bonds. The molecule has 1 aliphatic rings. The van der Waals surface area contributed by atoms with Crippen LogP contribution in [0.4, 0.5) is 4.39 Å². The van der Waals surface area contributed by atoms with Crippen LogP contribution in [0, 0.1) is 19.7 Å². The van der Waals surface area contributed by atoms with Gasteiger partial charge in [0.2, 0.25) is 5.91 Å². The molecule has 1 saturated carbocycles. The fourth-order valence-corrected chi connectivity index (χ4v) is 4.11. The van der Waals surface area contributed by atoms with Gasteiger partial charge in [-0.05, 0) is 74.1 Å². The smallest absolute Gasteiger partial charge is 0.261 e. The molecule has 2 aromatic rings. The summed E-state index contributed by atoms with van der Waals surface area (Å²) in [6.45, 7) is 5.95. The van der Waals surface area contributed by atoms with Crippen molar-refractivity contribution in [2.45, 2.75) is 71.5 Å². The number of nitrogens with zero attached hydrogens (tertiary/aromatic N) is 1. The van der Waals surface area contributed by atoms with Crippen molar-refractivity contribution in [3.05, 3.63) is 65.0 Å². The van der Waals surface area contributed by atoms with E-state index in [-0.39, 0.29) is 36.8 Å². The van der Waals surface area contributed by atoms with Gasteiger partial charge in [0.05, 0.1) is 0 Å². The molecule has 1 N–H and O–H groups in total. The van der Waals surface area contributed by atoms with Gasteiger partial charge in [-0.25, -0.2) is 4.39 Å². The highest BCUT2D eigenvalue weighted by Crippen LogP contribution is 2.20. The van der Waals surface area contributed by atoms with Crippen LogP contribution >= 0.6 is 0 Å². The van der Waals surface area contributed by atoms with Gasteiger partial charge in [0.25, 0.3) is 5.91 Å². The average Bonchev–Trinajstić information content (AvgIpc) is 3.28. The first-order valence-corrected chi connectivity index (χ1v) is 11.4.